The molecule has 0 unspecified atom stereocenters. The highest BCUT2D eigenvalue weighted by atomic mass is 16.6. The van der Waals surface area contributed by atoms with Gasteiger partial charge in [0.1, 0.15) is 0 Å². The number of nitrogens with zero attached hydrogens (tertiary/aromatic N) is 3. The van der Waals surface area contributed by atoms with Crippen LogP contribution in [-0.4, -0.2) is 32.7 Å². The van der Waals surface area contributed by atoms with Crippen molar-refractivity contribution in [2.24, 2.45) is 0 Å². The van der Waals surface area contributed by atoms with Crippen molar-refractivity contribution in [1.82, 2.24) is 10.2 Å². The lowest BCUT2D eigenvalue weighted by Gasteiger charge is -2.06. The van der Waals surface area contributed by atoms with Crippen LogP contribution in [0.25, 0.3) is 11.5 Å². The summed E-state index contributed by atoms with van der Waals surface area (Å²) in [6, 6.07) is 20.3. The van der Waals surface area contributed by atoms with Crippen molar-refractivity contribution in [3.63, 3.8) is 0 Å². The van der Waals surface area contributed by atoms with Crippen LogP contribution in [0.1, 0.15) is 33.6 Å². The Bertz CT molecular complexity index is 1400. The van der Waals surface area contributed by atoms with Gasteiger partial charge in [-0.3, -0.25) is 29.8 Å². The number of hydrogen-bond donors (Lipinski definition) is 2. The van der Waals surface area contributed by atoms with Gasteiger partial charge in [0.25, 0.3) is 11.6 Å². The fraction of sp³-hybridized carbons (Fsp3) is 0.0800. The monoisotopic (exact) mass is 485 g/mol. The average Bonchev–Trinajstić information content (AvgIpc) is 3.36. The van der Waals surface area contributed by atoms with Gasteiger partial charge in [-0.05, 0) is 36.4 Å². The van der Waals surface area contributed by atoms with Crippen LogP contribution in [0, 0.1) is 10.1 Å². The Kier molecular flexibility index (Phi) is 7.20. The molecule has 0 spiro atoms. The number of Topliss-reactive ketones (excluding diaryl/α,β-unsaturated/α-hetero) is 1. The summed E-state index contributed by atoms with van der Waals surface area (Å²) < 4.78 is 5.41. The van der Waals surface area contributed by atoms with E-state index in [0.29, 0.717) is 16.8 Å². The number of ketones is 1. The molecule has 11 heteroatoms. The molecule has 4 aromatic rings. The molecule has 0 saturated carbocycles. The van der Waals surface area contributed by atoms with Gasteiger partial charge in [0, 0.05) is 47.4 Å². The van der Waals surface area contributed by atoms with Crippen LogP contribution in [0.3, 0.4) is 0 Å². The number of carbonyl (C=O) groups is 3. The topological polar surface area (TPSA) is 157 Å². The Labute approximate surface area is 204 Å². The molecule has 0 fully saturated rings. The largest absolute Gasteiger partial charge is 0.403 e. The zero-order valence-electron chi connectivity index (χ0n) is 18.7. The predicted molar refractivity (Wildman–Crippen MR) is 129 cm³/mol. The van der Waals surface area contributed by atoms with Crippen LogP contribution >= 0.6 is 0 Å². The molecule has 4 rings (SSSR count). The molecule has 2 amide bonds. The Morgan fingerprint density at radius 1 is 0.806 bits per heavy atom. The smallest absolute Gasteiger partial charge is 0.322 e. The van der Waals surface area contributed by atoms with E-state index in [9.17, 15) is 24.5 Å². The molecule has 1 heterocycles. The van der Waals surface area contributed by atoms with Crippen molar-refractivity contribution in [3.8, 4) is 11.5 Å². The number of nitrogens with one attached hydrogen (secondary N) is 2. The summed E-state index contributed by atoms with van der Waals surface area (Å²) in [5.41, 5.74) is 1.69. The molecule has 0 aliphatic heterocycles. The van der Waals surface area contributed by atoms with Crippen molar-refractivity contribution >= 4 is 35.0 Å². The molecule has 3 aromatic carbocycles. The summed E-state index contributed by atoms with van der Waals surface area (Å²) in [6.45, 7) is 0. The molecule has 0 radical (unpaired) electrons. The lowest BCUT2D eigenvalue weighted by atomic mass is 10.1. The zero-order chi connectivity index (χ0) is 25.5. The third-order valence-corrected chi connectivity index (χ3v) is 5.08. The van der Waals surface area contributed by atoms with Gasteiger partial charge < -0.3 is 9.73 Å². The molecule has 0 saturated heterocycles. The third-order valence-electron chi connectivity index (χ3n) is 5.08. The maximum atomic E-state index is 12.5. The lowest BCUT2D eigenvalue weighted by Crippen LogP contribution is -2.14. The summed E-state index contributed by atoms with van der Waals surface area (Å²) in [6.07, 6.45) is 0.118. The summed E-state index contributed by atoms with van der Waals surface area (Å²) in [5.74, 6) is -0.860. The number of hydrogen-bond acceptors (Lipinski definition) is 8. The van der Waals surface area contributed by atoms with E-state index >= 15 is 0 Å². The van der Waals surface area contributed by atoms with Crippen molar-refractivity contribution in [2.45, 2.75) is 12.8 Å². The Hall–Kier alpha value is -5.19. The van der Waals surface area contributed by atoms with Crippen molar-refractivity contribution in [3.05, 3.63) is 100 Å². The number of benzene rings is 3. The average molecular weight is 485 g/mol. The molecule has 0 bridgehead atoms. The van der Waals surface area contributed by atoms with Crippen LogP contribution in [0.15, 0.2) is 83.3 Å². The van der Waals surface area contributed by atoms with Gasteiger partial charge in [-0.1, -0.05) is 35.4 Å². The molecule has 36 heavy (non-hydrogen) atoms. The minimum atomic E-state index is -0.521. The summed E-state index contributed by atoms with van der Waals surface area (Å²) in [7, 11) is 0. The Morgan fingerprint density at radius 2 is 1.50 bits per heavy atom. The minimum absolute atomic E-state index is 0.0320. The van der Waals surface area contributed by atoms with Gasteiger partial charge in [-0.25, -0.2) is 0 Å². The third kappa shape index (κ3) is 6.03. The Morgan fingerprint density at radius 3 is 2.17 bits per heavy atom. The van der Waals surface area contributed by atoms with Gasteiger partial charge >= 0.3 is 6.01 Å². The fourth-order valence-electron chi connectivity index (χ4n) is 3.21. The molecule has 11 nitrogen and oxygen atoms in total. The standard InChI is InChI=1S/C25H19N5O6/c31-21(16-4-2-1-3-5-16)14-15-22(32)26-19-10-6-17(7-11-19)23(33)27-25-29-28-24(36-25)18-8-12-20(13-9-18)30(34)35/h1-13H,14-15H2,(H,26,32)(H,27,29,33). The quantitative estimate of drug-likeness (QED) is 0.199. The van der Waals surface area contributed by atoms with E-state index in [1.165, 1.54) is 36.4 Å². The number of rotatable bonds is 9. The van der Waals surface area contributed by atoms with Crippen molar-refractivity contribution in [2.75, 3.05) is 10.6 Å². The summed E-state index contributed by atoms with van der Waals surface area (Å²) >= 11 is 0. The van der Waals surface area contributed by atoms with Gasteiger partial charge in [-0.15, -0.1) is 5.10 Å². The van der Waals surface area contributed by atoms with Gasteiger partial charge in [-0.2, -0.15) is 0 Å². The molecule has 1 aromatic heterocycles. The summed E-state index contributed by atoms with van der Waals surface area (Å²) in [4.78, 5) is 47.0. The number of amides is 2. The second kappa shape index (κ2) is 10.8. The van der Waals surface area contributed by atoms with Crippen LogP contribution in [-0.2, 0) is 4.79 Å². The maximum Gasteiger partial charge on any atom is 0.322 e. The van der Waals surface area contributed by atoms with E-state index in [2.05, 4.69) is 20.8 Å². The maximum absolute atomic E-state index is 12.5. The summed E-state index contributed by atoms with van der Waals surface area (Å²) in [5, 5.41) is 23.5. The van der Waals surface area contributed by atoms with E-state index < -0.39 is 10.8 Å². The van der Waals surface area contributed by atoms with Gasteiger partial charge in [0.05, 0.1) is 4.92 Å². The van der Waals surface area contributed by atoms with E-state index in [1.807, 2.05) is 6.07 Å². The van der Waals surface area contributed by atoms with Crippen LogP contribution < -0.4 is 10.6 Å². The number of carbonyl (C=O) groups excluding carboxylic acids is 3. The van der Waals surface area contributed by atoms with E-state index in [4.69, 9.17) is 4.42 Å². The number of aromatic nitrogens is 2. The normalized spacial score (nSPS) is 10.4. The second-order valence-corrected chi connectivity index (χ2v) is 7.59. The molecule has 180 valence electrons. The fourth-order valence-corrected chi connectivity index (χ4v) is 3.21. The van der Waals surface area contributed by atoms with Gasteiger partial charge in [0.2, 0.25) is 11.8 Å². The number of nitro benzene ring substituents is 1. The molecule has 0 atom stereocenters. The zero-order valence-corrected chi connectivity index (χ0v) is 18.7. The minimum Gasteiger partial charge on any atom is -0.403 e. The highest BCUT2D eigenvalue weighted by Crippen LogP contribution is 2.23. The van der Waals surface area contributed by atoms with E-state index in [0.717, 1.165) is 0 Å². The SMILES string of the molecule is O=C(CCC(=O)c1ccccc1)Nc1ccc(C(=O)Nc2nnc(-c3ccc([N+](=O)[O-])cc3)o2)cc1. The first-order chi connectivity index (χ1) is 17.4. The lowest BCUT2D eigenvalue weighted by molar-refractivity contribution is -0.384. The van der Waals surface area contributed by atoms with Crippen LogP contribution in [0.2, 0.25) is 0 Å². The number of nitro groups is 1. The Balaban J connectivity index is 1.29. The van der Waals surface area contributed by atoms with E-state index in [1.54, 1.807) is 36.4 Å². The van der Waals surface area contributed by atoms with Crippen molar-refractivity contribution < 1.29 is 23.7 Å². The number of anilines is 2. The first-order valence-electron chi connectivity index (χ1n) is 10.8. The second-order valence-electron chi connectivity index (χ2n) is 7.59. The molecule has 0 aliphatic rings. The molecule has 2 N–H and O–H groups in total. The first-order valence-corrected chi connectivity index (χ1v) is 10.8. The molecule has 0 aliphatic carbocycles. The molecular formula is C25H19N5O6. The highest BCUT2D eigenvalue weighted by molar-refractivity contribution is 6.04. The number of non-ortho nitro benzene ring substituents is 1. The van der Waals surface area contributed by atoms with Crippen LogP contribution in [0.4, 0.5) is 17.4 Å². The van der Waals surface area contributed by atoms with Crippen LogP contribution in [0.5, 0.6) is 0 Å². The predicted octanol–water partition coefficient (Wildman–Crippen LogP) is 4.50. The molecular weight excluding hydrogens is 466 g/mol. The van der Waals surface area contributed by atoms with E-state index in [-0.39, 0.29) is 47.7 Å². The van der Waals surface area contributed by atoms with Crippen molar-refractivity contribution in [1.29, 1.82) is 0 Å². The van der Waals surface area contributed by atoms with Gasteiger partial charge in [0.15, 0.2) is 5.78 Å². The first kappa shape index (κ1) is 24.0. The highest BCUT2D eigenvalue weighted by Gasteiger charge is 2.15.